The Kier molecular flexibility index (Phi) is 5.59. The summed E-state index contributed by atoms with van der Waals surface area (Å²) >= 11 is 0. The highest BCUT2D eigenvalue weighted by molar-refractivity contribution is 5.94. The lowest BCUT2D eigenvalue weighted by Gasteiger charge is -2.36. The van der Waals surface area contributed by atoms with E-state index in [-0.39, 0.29) is 24.7 Å². The summed E-state index contributed by atoms with van der Waals surface area (Å²) in [5.74, 6) is 0.739. The van der Waals surface area contributed by atoms with Gasteiger partial charge < -0.3 is 19.5 Å². The van der Waals surface area contributed by atoms with Crippen molar-refractivity contribution in [1.82, 2.24) is 4.90 Å². The molecule has 0 bridgehead atoms. The van der Waals surface area contributed by atoms with Crippen molar-refractivity contribution in [3.05, 3.63) is 29.8 Å². The van der Waals surface area contributed by atoms with Gasteiger partial charge in [0.1, 0.15) is 5.75 Å². The van der Waals surface area contributed by atoms with Crippen LogP contribution in [-0.4, -0.2) is 54.4 Å². The van der Waals surface area contributed by atoms with Gasteiger partial charge in [-0.3, -0.25) is 4.79 Å². The van der Waals surface area contributed by atoms with E-state index in [2.05, 4.69) is 6.92 Å². The Morgan fingerprint density at radius 3 is 2.71 bits per heavy atom. The van der Waals surface area contributed by atoms with Crippen LogP contribution in [0.4, 0.5) is 0 Å². The normalized spacial score (nSPS) is 22.1. The highest BCUT2D eigenvalue weighted by atomic mass is 16.5. The molecule has 1 fully saturated rings. The van der Waals surface area contributed by atoms with E-state index < -0.39 is 0 Å². The number of hydrogen-bond acceptors (Lipinski definition) is 4. The van der Waals surface area contributed by atoms with Gasteiger partial charge in [-0.05, 0) is 37.6 Å². The summed E-state index contributed by atoms with van der Waals surface area (Å²) in [6, 6.07) is 7.19. The first kappa shape index (κ1) is 15.8. The lowest BCUT2D eigenvalue weighted by molar-refractivity contribution is -0.0858. The van der Waals surface area contributed by atoms with Gasteiger partial charge in [0.05, 0.1) is 25.4 Å². The Balaban J connectivity index is 2.01. The number of morpholine rings is 1. The molecule has 0 saturated carbocycles. The van der Waals surface area contributed by atoms with Crippen molar-refractivity contribution >= 4 is 5.91 Å². The Labute approximate surface area is 125 Å². The molecule has 2 unspecified atom stereocenters. The average Bonchev–Trinajstić information content (AvgIpc) is 2.52. The van der Waals surface area contributed by atoms with Gasteiger partial charge in [-0.2, -0.15) is 0 Å². The van der Waals surface area contributed by atoms with Crippen molar-refractivity contribution in [1.29, 1.82) is 0 Å². The van der Waals surface area contributed by atoms with Crippen molar-refractivity contribution in [3.8, 4) is 5.75 Å². The third-order valence-electron chi connectivity index (χ3n) is 3.39. The molecular formula is C16H23NO4. The minimum atomic E-state index is -0.301. The maximum absolute atomic E-state index is 12.5. The first-order chi connectivity index (χ1) is 10.1. The fourth-order valence-electron chi connectivity index (χ4n) is 2.41. The highest BCUT2D eigenvalue weighted by Crippen LogP contribution is 2.17. The number of ether oxygens (including phenoxy) is 2. The minimum absolute atomic E-state index is 0.0364. The van der Waals surface area contributed by atoms with Gasteiger partial charge in [0.25, 0.3) is 5.91 Å². The predicted molar refractivity (Wildman–Crippen MR) is 79.6 cm³/mol. The lowest BCUT2D eigenvalue weighted by Crippen LogP contribution is -2.50. The van der Waals surface area contributed by atoms with Crippen molar-refractivity contribution in [2.75, 3.05) is 26.3 Å². The second-order valence-electron chi connectivity index (χ2n) is 5.33. The van der Waals surface area contributed by atoms with Crippen molar-refractivity contribution < 1.29 is 19.4 Å². The van der Waals surface area contributed by atoms with Gasteiger partial charge in [0.15, 0.2) is 0 Å². The van der Waals surface area contributed by atoms with Gasteiger partial charge in [-0.1, -0.05) is 6.92 Å². The number of rotatable bonds is 5. The summed E-state index contributed by atoms with van der Waals surface area (Å²) in [7, 11) is 0. The van der Waals surface area contributed by atoms with Crippen LogP contribution < -0.4 is 4.74 Å². The molecular weight excluding hydrogens is 270 g/mol. The number of nitrogens with zero attached hydrogens (tertiary/aromatic N) is 1. The summed E-state index contributed by atoms with van der Waals surface area (Å²) in [5.41, 5.74) is 0.629. The van der Waals surface area contributed by atoms with Crippen LogP contribution in [0.15, 0.2) is 24.3 Å². The van der Waals surface area contributed by atoms with Crippen LogP contribution in [0, 0.1) is 0 Å². The van der Waals surface area contributed by atoms with E-state index in [1.807, 2.05) is 19.1 Å². The molecule has 1 N–H and O–H groups in total. The fourth-order valence-corrected chi connectivity index (χ4v) is 2.41. The summed E-state index contributed by atoms with van der Waals surface area (Å²) in [6.07, 6.45) is 0.589. The summed E-state index contributed by atoms with van der Waals surface area (Å²) in [4.78, 5) is 14.2. The van der Waals surface area contributed by atoms with Gasteiger partial charge in [0, 0.05) is 18.7 Å². The molecule has 1 amide bonds. The Bertz CT molecular complexity index is 460. The van der Waals surface area contributed by atoms with Crippen molar-refractivity contribution in [2.24, 2.45) is 0 Å². The van der Waals surface area contributed by atoms with E-state index in [4.69, 9.17) is 9.47 Å². The SMILES string of the molecule is CCCOc1ccc(C(=O)N2CC(C)OC(CO)C2)cc1. The molecule has 2 rings (SSSR count). The molecule has 0 spiro atoms. The molecule has 116 valence electrons. The molecule has 1 aliphatic heterocycles. The van der Waals surface area contributed by atoms with Gasteiger partial charge >= 0.3 is 0 Å². The number of carbonyl (C=O) groups is 1. The molecule has 1 heterocycles. The zero-order valence-electron chi connectivity index (χ0n) is 12.6. The minimum Gasteiger partial charge on any atom is -0.494 e. The molecule has 1 aromatic rings. The van der Waals surface area contributed by atoms with Crippen LogP contribution in [0.5, 0.6) is 5.75 Å². The number of amides is 1. The van der Waals surface area contributed by atoms with E-state index in [0.717, 1.165) is 12.2 Å². The largest absolute Gasteiger partial charge is 0.494 e. The average molecular weight is 293 g/mol. The number of aliphatic hydroxyl groups is 1. The third kappa shape index (κ3) is 4.19. The molecule has 1 aliphatic rings. The summed E-state index contributed by atoms with van der Waals surface area (Å²) in [5, 5.41) is 9.22. The quantitative estimate of drug-likeness (QED) is 0.897. The van der Waals surface area contributed by atoms with E-state index in [1.165, 1.54) is 0 Å². The predicted octanol–water partition coefficient (Wildman–Crippen LogP) is 1.70. The van der Waals surface area contributed by atoms with E-state index in [9.17, 15) is 9.90 Å². The number of benzene rings is 1. The Morgan fingerprint density at radius 1 is 1.38 bits per heavy atom. The van der Waals surface area contributed by atoms with Crippen LogP contribution in [0.1, 0.15) is 30.6 Å². The first-order valence-electron chi connectivity index (χ1n) is 7.42. The van der Waals surface area contributed by atoms with E-state index in [1.54, 1.807) is 17.0 Å². The van der Waals surface area contributed by atoms with Gasteiger partial charge in [-0.25, -0.2) is 0 Å². The topological polar surface area (TPSA) is 59.0 Å². The number of hydrogen-bond donors (Lipinski definition) is 1. The van der Waals surface area contributed by atoms with Crippen LogP contribution in [0.3, 0.4) is 0 Å². The first-order valence-corrected chi connectivity index (χ1v) is 7.42. The molecule has 0 aromatic heterocycles. The fraction of sp³-hybridized carbons (Fsp3) is 0.562. The molecule has 21 heavy (non-hydrogen) atoms. The van der Waals surface area contributed by atoms with Crippen LogP contribution in [0.25, 0.3) is 0 Å². The highest BCUT2D eigenvalue weighted by Gasteiger charge is 2.28. The zero-order valence-corrected chi connectivity index (χ0v) is 12.6. The Hall–Kier alpha value is -1.59. The van der Waals surface area contributed by atoms with Crippen molar-refractivity contribution in [2.45, 2.75) is 32.5 Å². The molecule has 0 aliphatic carbocycles. The lowest BCUT2D eigenvalue weighted by atomic mass is 10.1. The molecule has 0 radical (unpaired) electrons. The second-order valence-corrected chi connectivity index (χ2v) is 5.33. The maximum Gasteiger partial charge on any atom is 0.254 e. The third-order valence-corrected chi connectivity index (χ3v) is 3.39. The second kappa shape index (κ2) is 7.43. The molecule has 1 aromatic carbocycles. The maximum atomic E-state index is 12.5. The van der Waals surface area contributed by atoms with Gasteiger partial charge in [-0.15, -0.1) is 0 Å². The Morgan fingerprint density at radius 2 is 2.10 bits per heavy atom. The van der Waals surface area contributed by atoms with Crippen LogP contribution in [0.2, 0.25) is 0 Å². The molecule has 5 nitrogen and oxygen atoms in total. The smallest absolute Gasteiger partial charge is 0.254 e. The molecule has 1 saturated heterocycles. The van der Waals surface area contributed by atoms with Crippen molar-refractivity contribution in [3.63, 3.8) is 0 Å². The van der Waals surface area contributed by atoms with Crippen LogP contribution >= 0.6 is 0 Å². The number of carbonyl (C=O) groups excluding carboxylic acids is 1. The molecule has 2 atom stereocenters. The zero-order chi connectivity index (χ0) is 15.2. The summed E-state index contributed by atoms with van der Waals surface area (Å²) < 4.78 is 11.1. The molecule has 5 heteroatoms. The standard InChI is InChI=1S/C16H23NO4/c1-3-8-20-14-6-4-13(5-7-14)16(19)17-9-12(2)21-15(10-17)11-18/h4-7,12,15,18H,3,8-11H2,1-2H3. The summed E-state index contributed by atoms with van der Waals surface area (Å²) in [6.45, 7) is 5.53. The number of aliphatic hydroxyl groups excluding tert-OH is 1. The van der Waals surface area contributed by atoms with Gasteiger partial charge in [0.2, 0.25) is 0 Å². The van der Waals surface area contributed by atoms with E-state index in [0.29, 0.717) is 25.3 Å². The van der Waals surface area contributed by atoms with E-state index >= 15 is 0 Å². The monoisotopic (exact) mass is 293 g/mol. The van der Waals surface area contributed by atoms with Crippen LogP contribution in [-0.2, 0) is 4.74 Å².